The topological polar surface area (TPSA) is 247 Å². The number of hydrogen-bond donors (Lipinski definition) is 5. The smallest absolute Gasteiger partial charge is 0.269 e. The zero-order chi connectivity index (χ0) is 44.3. The molecule has 7 aliphatic rings. The number of allylic oxidation sites excluding steroid dienone is 2. The van der Waals surface area contributed by atoms with Crippen LogP contribution in [-0.4, -0.2) is 114 Å². The number of fused-ring (bicyclic) bond motifs is 7. The molecule has 63 heavy (non-hydrogen) atoms. The van der Waals surface area contributed by atoms with Crippen molar-refractivity contribution in [3.05, 3.63) is 127 Å². The Morgan fingerprint density at radius 3 is 2.27 bits per heavy atom. The normalized spacial score (nSPS) is 31.8. The number of carbonyl (C=O) groups excluding carboxylic acids is 3. The fraction of sp³-hybridized carbons (Fsp3) is 0.372. The number of phenolic OH excluding ortho intramolecular Hbond substituents is 2. The number of ketones is 1. The van der Waals surface area contributed by atoms with Crippen molar-refractivity contribution >= 4 is 52.5 Å². The first-order chi connectivity index (χ1) is 30.3. The van der Waals surface area contributed by atoms with Crippen LogP contribution in [-0.2, 0) is 19.9 Å². The molecule has 0 aromatic heterocycles. The SMILES string of the molecule is COc1ccc(C2C3CSCN3C3(C(=O)NC4=C3CC([N+](=O)[O-])C=C4)C2C(=O)C=C(O)C2C3CSCN3C3(C(=O)Nc4ccc([N+](=O)[O-])cc43)C2c2ccc(O)c(OC)c2)cc1O. The van der Waals surface area contributed by atoms with Crippen molar-refractivity contribution in [2.24, 2.45) is 11.8 Å². The van der Waals surface area contributed by atoms with E-state index in [4.69, 9.17) is 9.47 Å². The van der Waals surface area contributed by atoms with Gasteiger partial charge in [0.15, 0.2) is 28.8 Å². The number of hydrogen-bond acceptors (Lipinski definition) is 16. The molecule has 326 valence electrons. The summed E-state index contributed by atoms with van der Waals surface area (Å²) in [6.07, 6.45) is 3.88. The number of benzene rings is 3. The minimum atomic E-state index is -1.73. The van der Waals surface area contributed by atoms with Crippen LogP contribution in [0.25, 0.3) is 0 Å². The number of ether oxygens (including phenoxy) is 2. The number of anilines is 1. The minimum absolute atomic E-state index is 0.0721. The maximum Gasteiger partial charge on any atom is 0.269 e. The zero-order valence-electron chi connectivity index (χ0n) is 33.6. The molecule has 3 aromatic rings. The van der Waals surface area contributed by atoms with Gasteiger partial charge in [0.05, 0.1) is 25.1 Å². The number of nitro benzene ring substituents is 1. The summed E-state index contributed by atoms with van der Waals surface area (Å²) in [4.78, 5) is 72.6. The second kappa shape index (κ2) is 14.7. The number of nitro groups is 2. The zero-order valence-corrected chi connectivity index (χ0v) is 35.3. The van der Waals surface area contributed by atoms with Crippen molar-refractivity contribution in [3.8, 4) is 23.0 Å². The summed E-state index contributed by atoms with van der Waals surface area (Å²) in [5.41, 5.74) is -1.26. The van der Waals surface area contributed by atoms with Gasteiger partial charge < -0.3 is 35.4 Å². The summed E-state index contributed by atoms with van der Waals surface area (Å²) in [6.45, 7) is 0. The molecule has 6 heterocycles. The summed E-state index contributed by atoms with van der Waals surface area (Å²) >= 11 is 3.04. The third-order valence-electron chi connectivity index (χ3n) is 14.0. The monoisotopic (exact) mass is 896 g/mol. The number of aromatic hydroxyl groups is 2. The number of aliphatic hydroxyl groups is 1. The van der Waals surface area contributed by atoms with Gasteiger partial charge in [0, 0.05) is 99.6 Å². The van der Waals surface area contributed by atoms with E-state index in [2.05, 4.69) is 10.6 Å². The van der Waals surface area contributed by atoms with Gasteiger partial charge in [-0.15, -0.1) is 23.5 Å². The van der Waals surface area contributed by atoms with Crippen LogP contribution in [0.1, 0.15) is 34.9 Å². The van der Waals surface area contributed by atoms with Crippen LogP contribution >= 0.6 is 23.5 Å². The standard InChI is InChI=1S/C43H40N6O12S2/c1-60-34-10-4-20(11-31(34)51)36-28-16-62-18-46(28)43(25-14-23(49(58)59)6-8-27(25)45-41(43)55)39(36)33(53)15-32(52)37-29-17-63-19-47(29)42(38(37)21-3-9-30(50)35(12-21)61-2)24-13-22(48(56)57)5-7-26(24)44-40(42)54/h3-13,15,23,28-29,36-39,50-52H,14,16-19H2,1-2H3,(H,44,54)(H,45,55). The third-order valence-corrected chi connectivity index (χ3v) is 16.1. The van der Waals surface area contributed by atoms with Gasteiger partial charge in [0.2, 0.25) is 17.9 Å². The number of nitrogens with zero attached hydrogens (tertiary/aromatic N) is 4. The molecular formula is C43H40N6O12S2. The Morgan fingerprint density at radius 1 is 0.873 bits per heavy atom. The molecule has 2 spiro atoms. The number of rotatable bonds is 9. The highest BCUT2D eigenvalue weighted by Crippen LogP contribution is 2.64. The Kier molecular flexibility index (Phi) is 9.59. The van der Waals surface area contributed by atoms with Gasteiger partial charge in [-0.3, -0.25) is 44.4 Å². The molecule has 10 rings (SSSR count). The molecule has 0 bridgehead atoms. The lowest BCUT2D eigenvalue weighted by atomic mass is 9.67. The van der Waals surface area contributed by atoms with Crippen LogP contribution in [0, 0.1) is 32.1 Å². The van der Waals surface area contributed by atoms with Gasteiger partial charge in [0.1, 0.15) is 16.8 Å². The van der Waals surface area contributed by atoms with Crippen molar-refractivity contribution in [1.82, 2.24) is 15.1 Å². The van der Waals surface area contributed by atoms with Gasteiger partial charge in [-0.2, -0.15) is 0 Å². The lowest BCUT2D eigenvalue weighted by Gasteiger charge is -2.38. The van der Waals surface area contributed by atoms with Crippen LogP contribution < -0.4 is 20.1 Å². The van der Waals surface area contributed by atoms with E-state index in [9.17, 15) is 45.1 Å². The third kappa shape index (κ3) is 5.63. The number of non-ortho nitro benzene ring substituents is 1. The van der Waals surface area contributed by atoms with E-state index in [0.29, 0.717) is 51.0 Å². The van der Waals surface area contributed by atoms with E-state index < -0.39 is 86.1 Å². The number of amides is 2. The first-order valence-electron chi connectivity index (χ1n) is 20.1. The van der Waals surface area contributed by atoms with Crippen molar-refractivity contribution in [2.75, 3.05) is 42.8 Å². The van der Waals surface area contributed by atoms with Crippen LogP contribution in [0.2, 0.25) is 0 Å². The van der Waals surface area contributed by atoms with Crippen molar-refractivity contribution in [3.63, 3.8) is 0 Å². The average molecular weight is 897 g/mol. The minimum Gasteiger partial charge on any atom is -0.512 e. The molecular weight excluding hydrogens is 857 g/mol. The van der Waals surface area contributed by atoms with E-state index in [0.717, 1.165) is 6.08 Å². The van der Waals surface area contributed by atoms with E-state index in [1.165, 1.54) is 68.5 Å². The first kappa shape index (κ1) is 41.0. The molecule has 2 amide bonds. The maximum absolute atomic E-state index is 15.7. The summed E-state index contributed by atoms with van der Waals surface area (Å²) < 4.78 is 10.8. The molecule has 9 atom stereocenters. The van der Waals surface area contributed by atoms with Crippen LogP contribution in [0.4, 0.5) is 11.4 Å². The first-order valence-corrected chi connectivity index (χ1v) is 22.4. The Labute approximate surface area is 367 Å². The fourth-order valence-electron chi connectivity index (χ4n) is 11.6. The average Bonchev–Trinajstić information content (AvgIpc) is 4.11. The largest absolute Gasteiger partial charge is 0.512 e. The van der Waals surface area contributed by atoms with Crippen molar-refractivity contribution in [1.29, 1.82) is 0 Å². The molecule has 20 heteroatoms. The predicted octanol–water partition coefficient (Wildman–Crippen LogP) is 4.49. The van der Waals surface area contributed by atoms with Gasteiger partial charge >= 0.3 is 0 Å². The lowest BCUT2D eigenvalue weighted by molar-refractivity contribution is -0.509. The molecule has 1 aliphatic carbocycles. The molecule has 9 unspecified atom stereocenters. The summed E-state index contributed by atoms with van der Waals surface area (Å²) in [6, 6.07) is 11.2. The molecule has 18 nitrogen and oxygen atoms in total. The number of nitrogens with one attached hydrogen (secondary N) is 2. The molecule has 0 radical (unpaired) electrons. The number of carbonyl (C=O) groups is 3. The van der Waals surface area contributed by atoms with Crippen molar-refractivity contribution < 1.29 is 49.0 Å². The quantitative estimate of drug-likeness (QED) is 0.0860. The van der Waals surface area contributed by atoms with Crippen LogP contribution in [0.3, 0.4) is 0 Å². The number of aliphatic hydroxyl groups excluding tert-OH is 1. The number of thioether (sulfide) groups is 2. The maximum atomic E-state index is 15.7. The summed E-state index contributed by atoms with van der Waals surface area (Å²) in [5.74, 6) is -4.85. The molecule has 6 aliphatic heterocycles. The summed E-state index contributed by atoms with van der Waals surface area (Å²) in [7, 11) is 2.77. The highest BCUT2D eigenvalue weighted by Gasteiger charge is 2.72. The molecule has 4 fully saturated rings. The number of phenols is 2. The molecule has 4 saturated heterocycles. The van der Waals surface area contributed by atoms with E-state index in [-0.39, 0.29) is 41.0 Å². The molecule has 0 saturated carbocycles. The van der Waals surface area contributed by atoms with Crippen LogP contribution in [0.5, 0.6) is 23.0 Å². The molecule has 5 N–H and O–H groups in total. The Balaban J connectivity index is 1.17. The van der Waals surface area contributed by atoms with E-state index >= 15 is 4.79 Å². The van der Waals surface area contributed by atoms with Crippen molar-refractivity contribution in [2.45, 2.75) is 47.5 Å². The van der Waals surface area contributed by atoms with Gasteiger partial charge in [-0.25, -0.2) is 0 Å². The van der Waals surface area contributed by atoms with Gasteiger partial charge in [-0.1, -0.05) is 12.1 Å². The number of methoxy groups -OCH3 is 2. The highest BCUT2D eigenvalue weighted by molar-refractivity contribution is 7.99. The van der Waals surface area contributed by atoms with Crippen LogP contribution in [0.15, 0.2) is 89.9 Å². The van der Waals surface area contributed by atoms with Gasteiger partial charge in [0.25, 0.3) is 5.69 Å². The second-order valence-corrected chi connectivity index (χ2v) is 18.7. The van der Waals surface area contributed by atoms with E-state index in [1.54, 1.807) is 36.0 Å². The second-order valence-electron chi connectivity index (χ2n) is 16.7. The van der Waals surface area contributed by atoms with E-state index in [1.807, 2.05) is 9.80 Å². The Bertz CT molecular complexity index is 2660. The highest BCUT2D eigenvalue weighted by atomic mass is 32.2. The molecule has 3 aromatic carbocycles. The Hall–Kier alpha value is -6.09. The predicted molar refractivity (Wildman–Crippen MR) is 229 cm³/mol. The lowest BCUT2D eigenvalue weighted by Crippen LogP contribution is -2.58. The van der Waals surface area contributed by atoms with Gasteiger partial charge in [-0.05, 0) is 59.2 Å². The Morgan fingerprint density at radius 2 is 1.57 bits per heavy atom. The summed E-state index contributed by atoms with van der Waals surface area (Å²) in [5, 5.41) is 64.9. The fourth-order valence-corrected chi connectivity index (χ4v) is 14.3.